The number of anilines is 2. The zero-order valence-electron chi connectivity index (χ0n) is 16.3. The summed E-state index contributed by atoms with van der Waals surface area (Å²) in [4.78, 5) is 19.4. The Balaban J connectivity index is 1.57. The standard InChI is InChI=1S/C21H28N4O3/c1-2-28-19-9-4-3-8-18(19)24-20-17(7-5-10-22-20)21(26)23-11-6-12-25-13-15-27-16-14-25/h3-5,7-10H,2,6,11-16H2,1H3,(H,22,24)(H,23,26). The van der Waals surface area contributed by atoms with Crippen LogP contribution in [0.25, 0.3) is 0 Å². The third-order valence-corrected chi connectivity index (χ3v) is 4.53. The van der Waals surface area contributed by atoms with Gasteiger partial charge in [0.25, 0.3) is 5.91 Å². The number of para-hydroxylation sites is 2. The van der Waals surface area contributed by atoms with Gasteiger partial charge >= 0.3 is 0 Å². The lowest BCUT2D eigenvalue weighted by atomic mass is 10.2. The molecule has 2 N–H and O–H groups in total. The lowest BCUT2D eigenvalue weighted by Crippen LogP contribution is -2.38. The van der Waals surface area contributed by atoms with Crippen molar-refractivity contribution in [1.82, 2.24) is 15.2 Å². The van der Waals surface area contributed by atoms with Crippen molar-refractivity contribution >= 4 is 17.4 Å². The average Bonchev–Trinajstić information content (AvgIpc) is 2.74. The topological polar surface area (TPSA) is 75.7 Å². The molecule has 1 fully saturated rings. The summed E-state index contributed by atoms with van der Waals surface area (Å²) >= 11 is 0. The summed E-state index contributed by atoms with van der Waals surface area (Å²) in [5, 5.41) is 6.23. The van der Waals surface area contributed by atoms with Crippen LogP contribution in [0.2, 0.25) is 0 Å². The third-order valence-electron chi connectivity index (χ3n) is 4.53. The van der Waals surface area contributed by atoms with Crippen molar-refractivity contribution in [3.05, 3.63) is 48.2 Å². The number of carbonyl (C=O) groups excluding carboxylic acids is 1. The van der Waals surface area contributed by atoms with Gasteiger partial charge in [0.05, 0.1) is 31.1 Å². The Morgan fingerprint density at radius 1 is 1.21 bits per heavy atom. The van der Waals surface area contributed by atoms with Gasteiger partial charge in [0, 0.05) is 25.8 Å². The number of ether oxygens (including phenoxy) is 2. The fourth-order valence-corrected chi connectivity index (χ4v) is 3.09. The number of nitrogens with zero attached hydrogens (tertiary/aromatic N) is 2. The molecule has 0 atom stereocenters. The Kier molecular flexibility index (Phi) is 7.63. The smallest absolute Gasteiger partial charge is 0.255 e. The number of aromatic nitrogens is 1. The fraction of sp³-hybridized carbons (Fsp3) is 0.429. The summed E-state index contributed by atoms with van der Waals surface area (Å²) in [6.07, 6.45) is 2.57. The van der Waals surface area contributed by atoms with Gasteiger partial charge in [-0.2, -0.15) is 0 Å². The Labute approximate surface area is 166 Å². The highest BCUT2D eigenvalue weighted by molar-refractivity contribution is 5.99. The molecule has 28 heavy (non-hydrogen) atoms. The van der Waals surface area contributed by atoms with Crippen LogP contribution in [-0.2, 0) is 4.74 Å². The largest absolute Gasteiger partial charge is 0.492 e. The first-order valence-electron chi connectivity index (χ1n) is 9.80. The Bertz CT molecular complexity index is 763. The predicted octanol–water partition coefficient (Wildman–Crippen LogP) is 2.68. The van der Waals surface area contributed by atoms with Crippen LogP contribution in [0.3, 0.4) is 0 Å². The van der Waals surface area contributed by atoms with E-state index in [1.807, 2.05) is 31.2 Å². The Morgan fingerprint density at radius 3 is 2.86 bits per heavy atom. The van der Waals surface area contributed by atoms with Crippen LogP contribution in [0, 0.1) is 0 Å². The van der Waals surface area contributed by atoms with Gasteiger partial charge in [-0.05, 0) is 44.2 Å². The summed E-state index contributed by atoms with van der Waals surface area (Å²) in [5.74, 6) is 1.11. The number of morpholine rings is 1. The molecule has 3 rings (SSSR count). The number of benzene rings is 1. The molecule has 1 aliphatic heterocycles. The molecule has 150 valence electrons. The highest BCUT2D eigenvalue weighted by atomic mass is 16.5. The molecule has 1 saturated heterocycles. The summed E-state index contributed by atoms with van der Waals surface area (Å²) in [6.45, 7) is 7.60. The lowest BCUT2D eigenvalue weighted by Gasteiger charge is -2.26. The van der Waals surface area contributed by atoms with E-state index in [1.54, 1.807) is 18.3 Å². The molecule has 1 aromatic carbocycles. The van der Waals surface area contributed by atoms with Crippen molar-refractivity contribution in [3.63, 3.8) is 0 Å². The van der Waals surface area contributed by atoms with Gasteiger partial charge in [0.1, 0.15) is 11.6 Å². The number of carbonyl (C=O) groups is 1. The number of hydrogen-bond donors (Lipinski definition) is 2. The van der Waals surface area contributed by atoms with Crippen molar-refractivity contribution in [2.45, 2.75) is 13.3 Å². The van der Waals surface area contributed by atoms with Crippen molar-refractivity contribution in [2.24, 2.45) is 0 Å². The number of pyridine rings is 1. The SMILES string of the molecule is CCOc1ccccc1Nc1ncccc1C(=O)NCCCN1CCOCC1. The second-order valence-electron chi connectivity index (χ2n) is 6.52. The van der Waals surface area contributed by atoms with E-state index in [9.17, 15) is 4.79 Å². The van der Waals surface area contributed by atoms with Crippen LogP contribution in [-0.4, -0.2) is 61.8 Å². The number of rotatable bonds is 9. The molecule has 1 aromatic heterocycles. The van der Waals surface area contributed by atoms with E-state index in [0.29, 0.717) is 24.5 Å². The first kappa shape index (κ1) is 20.1. The minimum Gasteiger partial charge on any atom is -0.492 e. The highest BCUT2D eigenvalue weighted by Crippen LogP contribution is 2.27. The zero-order valence-corrected chi connectivity index (χ0v) is 16.3. The Morgan fingerprint density at radius 2 is 2.04 bits per heavy atom. The number of nitrogens with one attached hydrogen (secondary N) is 2. The van der Waals surface area contributed by atoms with E-state index in [-0.39, 0.29) is 5.91 Å². The van der Waals surface area contributed by atoms with E-state index >= 15 is 0 Å². The molecule has 0 spiro atoms. The fourth-order valence-electron chi connectivity index (χ4n) is 3.09. The van der Waals surface area contributed by atoms with Crippen LogP contribution < -0.4 is 15.4 Å². The van der Waals surface area contributed by atoms with Crippen LogP contribution in [0.15, 0.2) is 42.6 Å². The molecule has 0 saturated carbocycles. The molecule has 0 aliphatic carbocycles. The van der Waals surface area contributed by atoms with Crippen molar-refractivity contribution in [3.8, 4) is 5.75 Å². The molecule has 7 heteroatoms. The quantitative estimate of drug-likeness (QED) is 0.648. The molecule has 7 nitrogen and oxygen atoms in total. The maximum atomic E-state index is 12.7. The average molecular weight is 384 g/mol. The van der Waals surface area contributed by atoms with Crippen molar-refractivity contribution in [2.75, 3.05) is 51.3 Å². The van der Waals surface area contributed by atoms with Gasteiger partial charge in [-0.15, -0.1) is 0 Å². The van der Waals surface area contributed by atoms with Crippen molar-refractivity contribution < 1.29 is 14.3 Å². The summed E-state index contributed by atoms with van der Waals surface area (Å²) in [7, 11) is 0. The van der Waals surface area contributed by atoms with E-state index in [0.717, 1.165) is 50.7 Å². The normalized spacial score (nSPS) is 14.5. The molecule has 0 radical (unpaired) electrons. The Hall–Kier alpha value is -2.64. The number of hydrogen-bond acceptors (Lipinski definition) is 6. The van der Waals surface area contributed by atoms with Crippen LogP contribution in [0.4, 0.5) is 11.5 Å². The van der Waals surface area contributed by atoms with Crippen LogP contribution >= 0.6 is 0 Å². The first-order valence-corrected chi connectivity index (χ1v) is 9.80. The zero-order chi connectivity index (χ0) is 19.6. The van der Waals surface area contributed by atoms with E-state index < -0.39 is 0 Å². The molecule has 0 bridgehead atoms. The molecule has 0 unspecified atom stereocenters. The molecule has 1 aliphatic rings. The second-order valence-corrected chi connectivity index (χ2v) is 6.52. The molecular weight excluding hydrogens is 356 g/mol. The monoisotopic (exact) mass is 384 g/mol. The minimum atomic E-state index is -0.133. The summed E-state index contributed by atoms with van der Waals surface area (Å²) in [6, 6.07) is 11.2. The molecular formula is C21H28N4O3. The van der Waals surface area contributed by atoms with Gasteiger partial charge < -0.3 is 20.1 Å². The first-order chi connectivity index (χ1) is 13.8. The lowest BCUT2D eigenvalue weighted by molar-refractivity contribution is 0.0374. The van der Waals surface area contributed by atoms with Gasteiger partial charge in [-0.1, -0.05) is 12.1 Å². The summed E-state index contributed by atoms with van der Waals surface area (Å²) in [5.41, 5.74) is 1.30. The maximum absolute atomic E-state index is 12.7. The van der Waals surface area contributed by atoms with Gasteiger partial charge in [0.2, 0.25) is 0 Å². The van der Waals surface area contributed by atoms with Crippen molar-refractivity contribution in [1.29, 1.82) is 0 Å². The highest BCUT2D eigenvalue weighted by Gasteiger charge is 2.14. The third kappa shape index (κ3) is 5.68. The molecule has 1 amide bonds. The van der Waals surface area contributed by atoms with Gasteiger partial charge in [-0.3, -0.25) is 9.69 Å². The van der Waals surface area contributed by atoms with Gasteiger partial charge in [-0.25, -0.2) is 4.98 Å². The predicted molar refractivity (Wildman–Crippen MR) is 109 cm³/mol. The summed E-state index contributed by atoms with van der Waals surface area (Å²) < 4.78 is 11.0. The molecule has 2 heterocycles. The number of amides is 1. The van der Waals surface area contributed by atoms with E-state index in [2.05, 4.69) is 20.5 Å². The van der Waals surface area contributed by atoms with Crippen LogP contribution in [0.5, 0.6) is 5.75 Å². The molecule has 2 aromatic rings. The second kappa shape index (κ2) is 10.6. The van der Waals surface area contributed by atoms with Crippen LogP contribution in [0.1, 0.15) is 23.7 Å². The van der Waals surface area contributed by atoms with E-state index in [1.165, 1.54) is 0 Å². The van der Waals surface area contributed by atoms with E-state index in [4.69, 9.17) is 9.47 Å². The minimum absolute atomic E-state index is 0.133. The van der Waals surface area contributed by atoms with Gasteiger partial charge in [0.15, 0.2) is 0 Å². The maximum Gasteiger partial charge on any atom is 0.255 e.